The number of sulfone groups is 1. The largest absolute Gasteiger partial charge is 0.355 e. The molecule has 4 nitrogen and oxygen atoms in total. The molecular formula is C17H17BrFNO3S. The Morgan fingerprint density at radius 3 is 2.50 bits per heavy atom. The zero-order valence-electron chi connectivity index (χ0n) is 12.8. The molecule has 0 aliphatic heterocycles. The first-order chi connectivity index (χ1) is 11.4. The van der Waals surface area contributed by atoms with E-state index in [9.17, 15) is 17.6 Å². The Kier molecular flexibility index (Phi) is 6.51. The number of hydrogen-bond acceptors (Lipinski definition) is 3. The van der Waals surface area contributed by atoms with E-state index in [4.69, 9.17) is 0 Å². The molecule has 1 N–H and O–H groups in total. The number of hydrogen-bond donors (Lipinski definition) is 1. The zero-order chi connectivity index (χ0) is 17.6. The Labute approximate surface area is 149 Å². The van der Waals surface area contributed by atoms with Crippen LogP contribution in [0.5, 0.6) is 0 Å². The molecule has 1 amide bonds. The first-order valence-corrected chi connectivity index (χ1v) is 9.81. The van der Waals surface area contributed by atoms with Crippen LogP contribution in [-0.4, -0.2) is 26.6 Å². The summed E-state index contributed by atoms with van der Waals surface area (Å²) in [6, 6.07) is 12.8. The normalized spacial score (nSPS) is 11.2. The number of aryl methyl sites for hydroxylation is 1. The molecule has 0 fully saturated rings. The van der Waals surface area contributed by atoms with Crippen LogP contribution in [0.15, 0.2) is 57.9 Å². The van der Waals surface area contributed by atoms with Gasteiger partial charge in [0.05, 0.1) is 10.6 Å². The van der Waals surface area contributed by atoms with E-state index in [1.54, 1.807) is 30.3 Å². The van der Waals surface area contributed by atoms with Gasteiger partial charge in [0, 0.05) is 17.4 Å². The fourth-order valence-electron chi connectivity index (χ4n) is 2.13. The molecule has 0 atom stereocenters. The predicted molar refractivity (Wildman–Crippen MR) is 93.9 cm³/mol. The third-order valence-corrected chi connectivity index (χ3v) is 5.66. The second-order valence-corrected chi connectivity index (χ2v) is 8.24. The molecule has 0 radical (unpaired) electrons. The van der Waals surface area contributed by atoms with E-state index in [0.717, 1.165) is 0 Å². The predicted octanol–water partition coefficient (Wildman–Crippen LogP) is 3.11. The molecule has 128 valence electrons. The zero-order valence-corrected chi connectivity index (χ0v) is 15.2. The number of halogens is 2. The molecule has 0 saturated heterocycles. The van der Waals surface area contributed by atoms with Crippen molar-refractivity contribution < 1.29 is 17.6 Å². The Morgan fingerprint density at radius 2 is 1.83 bits per heavy atom. The minimum atomic E-state index is -3.41. The van der Waals surface area contributed by atoms with Gasteiger partial charge in [0.1, 0.15) is 5.82 Å². The smallest absolute Gasteiger partial charge is 0.220 e. The molecule has 0 aromatic heterocycles. The van der Waals surface area contributed by atoms with Crippen LogP contribution in [0.25, 0.3) is 0 Å². The highest BCUT2D eigenvalue weighted by Gasteiger charge is 2.14. The molecule has 0 heterocycles. The van der Waals surface area contributed by atoms with Crippen molar-refractivity contribution in [1.82, 2.24) is 5.32 Å². The average molecular weight is 414 g/mol. The number of carbonyl (C=O) groups is 1. The van der Waals surface area contributed by atoms with Crippen molar-refractivity contribution >= 4 is 31.7 Å². The summed E-state index contributed by atoms with van der Waals surface area (Å²) in [6.07, 6.45) is 0.361. The number of rotatable bonds is 7. The van der Waals surface area contributed by atoms with Crippen LogP contribution in [0.2, 0.25) is 0 Å². The number of amides is 1. The molecule has 0 spiro atoms. The molecule has 7 heteroatoms. The third-order valence-electron chi connectivity index (χ3n) is 3.43. The van der Waals surface area contributed by atoms with Crippen molar-refractivity contribution in [3.63, 3.8) is 0 Å². The molecule has 0 bridgehead atoms. The van der Waals surface area contributed by atoms with Crippen LogP contribution in [0.3, 0.4) is 0 Å². The highest BCUT2D eigenvalue weighted by atomic mass is 79.9. The summed E-state index contributed by atoms with van der Waals surface area (Å²) >= 11 is 3.17. The quantitative estimate of drug-likeness (QED) is 0.758. The first-order valence-electron chi connectivity index (χ1n) is 7.37. The number of benzene rings is 2. The molecule has 2 aromatic carbocycles. The van der Waals surface area contributed by atoms with E-state index in [1.165, 1.54) is 18.2 Å². The van der Waals surface area contributed by atoms with Gasteiger partial charge in [-0.05, 0) is 36.2 Å². The maximum absolute atomic E-state index is 13.7. The highest BCUT2D eigenvalue weighted by Crippen LogP contribution is 2.16. The van der Waals surface area contributed by atoms with E-state index in [1.807, 2.05) is 0 Å². The fourth-order valence-corrected chi connectivity index (χ4v) is 3.64. The minimum absolute atomic E-state index is 0.0267. The molecule has 0 saturated carbocycles. The Morgan fingerprint density at radius 1 is 1.12 bits per heavy atom. The van der Waals surface area contributed by atoms with E-state index >= 15 is 0 Å². The van der Waals surface area contributed by atoms with E-state index in [0.29, 0.717) is 10.0 Å². The third kappa shape index (κ3) is 5.42. The van der Waals surface area contributed by atoms with Gasteiger partial charge in [-0.2, -0.15) is 0 Å². The van der Waals surface area contributed by atoms with Gasteiger partial charge in [0.25, 0.3) is 0 Å². The second-order valence-electron chi connectivity index (χ2n) is 5.22. The summed E-state index contributed by atoms with van der Waals surface area (Å²) in [6.45, 7) is 0.0267. The summed E-state index contributed by atoms with van der Waals surface area (Å²) in [7, 11) is -3.41. The lowest BCUT2D eigenvalue weighted by Crippen LogP contribution is -2.29. The highest BCUT2D eigenvalue weighted by molar-refractivity contribution is 9.10. The SMILES string of the molecule is O=C(CCc1ccc(Br)cc1F)NCCS(=O)(=O)c1ccccc1. The van der Waals surface area contributed by atoms with Crippen molar-refractivity contribution in [1.29, 1.82) is 0 Å². The van der Waals surface area contributed by atoms with Gasteiger partial charge in [-0.25, -0.2) is 12.8 Å². The maximum Gasteiger partial charge on any atom is 0.220 e. The van der Waals surface area contributed by atoms with E-state index in [2.05, 4.69) is 21.2 Å². The van der Waals surface area contributed by atoms with Gasteiger partial charge in [0.2, 0.25) is 5.91 Å². The summed E-state index contributed by atoms with van der Waals surface area (Å²) in [4.78, 5) is 12.0. The van der Waals surface area contributed by atoms with Crippen LogP contribution in [0, 0.1) is 5.82 Å². The molecule has 24 heavy (non-hydrogen) atoms. The number of carbonyl (C=O) groups excluding carboxylic acids is 1. The van der Waals surface area contributed by atoms with Gasteiger partial charge >= 0.3 is 0 Å². The first kappa shape index (κ1) is 18.6. The standard InChI is InChI=1S/C17H17BrFNO3S/c18-14-8-6-13(16(19)12-14)7-9-17(21)20-10-11-24(22,23)15-4-2-1-3-5-15/h1-6,8,12H,7,9-11H2,(H,20,21). The topological polar surface area (TPSA) is 63.2 Å². The van der Waals surface area contributed by atoms with Gasteiger partial charge in [-0.15, -0.1) is 0 Å². The van der Waals surface area contributed by atoms with Crippen LogP contribution >= 0.6 is 15.9 Å². The Balaban J connectivity index is 1.79. The molecule has 2 rings (SSSR count). The molecule has 0 unspecified atom stereocenters. The van der Waals surface area contributed by atoms with E-state index in [-0.39, 0.29) is 41.8 Å². The lowest BCUT2D eigenvalue weighted by Gasteiger charge is -2.07. The molecule has 0 aliphatic carbocycles. The van der Waals surface area contributed by atoms with Crippen molar-refractivity contribution in [2.24, 2.45) is 0 Å². The van der Waals surface area contributed by atoms with Crippen LogP contribution in [0.1, 0.15) is 12.0 Å². The van der Waals surface area contributed by atoms with Gasteiger partial charge < -0.3 is 5.32 Å². The van der Waals surface area contributed by atoms with Crippen molar-refractivity contribution in [3.8, 4) is 0 Å². The molecule has 0 aliphatic rings. The average Bonchev–Trinajstić information content (AvgIpc) is 2.55. The summed E-state index contributed by atoms with van der Waals surface area (Å²) < 4.78 is 38.4. The lowest BCUT2D eigenvalue weighted by atomic mass is 10.1. The van der Waals surface area contributed by atoms with Crippen LogP contribution < -0.4 is 5.32 Å². The number of nitrogens with one attached hydrogen (secondary N) is 1. The van der Waals surface area contributed by atoms with Crippen molar-refractivity contribution in [3.05, 3.63) is 64.4 Å². The van der Waals surface area contributed by atoms with Crippen molar-refractivity contribution in [2.75, 3.05) is 12.3 Å². The fraction of sp³-hybridized carbons (Fsp3) is 0.235. The van der Waals surface area contributed by atoms with Crippen LogP contribution in [-0.2, 0) is 21.1 Å². The summed E-state index contributed by atoms with van der Waals surface area (Å²) in [5.74, 6) is -0.848. The minimum Gasteiger partial charge on any atom is -0.355 e. The lowest BCUT2D eigenvalue weighted by molar-refractivity contribution is -0.120. The summed E-state index contributed by atoms with van der Waals surface area (Å²) in [5, 5.41) is 2.56. The van der Waals surface area contributed by atoms with Crippen LogP contribution in [0.4, 0.5) is 4.39 Å². The molecular weight excluding hydrogens is 397 g/mol. The Bertz CT molecular complexity index is 810. The van der Waals surface area contributed by atoms with Crippen molar-refractivity contribution in [2.45, 2.75) is 17.7 Å². The summed E-state index contributed by atoms with van der Waals surface area (Å²) in [5.41, 5.74) is 0.449. The van der Waals surface area contributed by atoms with Gasteiger partial charge in [-0.1, -0.05) is 40.2 Å². The second kappa shape index (κ2) is 8.39. The maximum atomic E-state index is 13.7. The van der Waals surface area contributed by atoms with Gasteiger partial charge in [0.15, 0.2) is 9.84 Å². The Hall–Kier alpha value is -1.73. The van der Waals surface area contributed by atoms with E-state index < -0.39 is 9.84 Å². The monoisotopic (exact) mass is 413 g/mol. The molecule has 2 aromatic rings. The van der Waals surface area contributed by atoms with Gasteiger partial charge in [-0.3, -0.25) is 4.79 Å².